The molecule has 0 bridgehead atoms. The highest BCUT2D eigenvalue weighted by Crippen LogP contribution is 2.21. The second-order valence-corrected chi connectivity index (χ2v) is 2.87. The summed E-state index contributed by atoms with van der Waals surface area (Å²) >= 11 is 1.77. The van der Waals surface area contributed by atoms with E-state index >= 15 is 0 Å². The molecular weight excluding hydrogens is 118 g/mol. The van der Waals surface area contributed by atoms with Crippen molar-refractivity contribution >= 4 is 11.8 Å². The molecule has 0 spiro atoms. The minimum absolute atomic E-state index is 0.987. The van der Waals surface area contributed by atoms with Gasteiger partial charge in [-0.3, -0.25) is 0 Å². The lowest BCUT2D eigenvalue weighted by Gasteiger charge is -2.16. The van der Waals surface area contributed by atoms with Crippen molar-refractivity contribution in [1.82, 2.24) is 5.32 Å². The number of thioether (sulfide) groups is 1. The van der Waals surface area contributed by atoms with Crippen LogP contribution >= 0.6 is 11.8 Å². The Morgan fingerprint density at radius 3 is 2.62 bits per heavy atom. The molecule has 0 saturated carbocycles. The van der Waals surface area contributed by atoms with E-state index in [9.17, 15) is 0 Å². The first-order valence-corrected chi connectivity index (χ1v) is 3.54. The number of hydrogen-bond acceptors (Lipinski definition) is 2. The second-order valence-electron chi connectivity index (χ2n) is 1.68. The molecule has 0 aromatic heterocycles. The molecule has 1 saturated heterocycles. The molecule has 1 aliphatic heterocycles. The van der Waals surface area contributed by atoms with Crippen molar-refractivity contribution in [2.75, 3.05) is 12.3 Å². The van der Waals surface area contributed by atoms with E-state index in [4.69, 9.17) is 0 Å². The molecule has 0 amide bonds. The smallest absolute Gasteiger partial charge is 0.0399 e. The maximum Gasteiger partial charge on any atom is 0.0399 e. The van der Waals surface area contributed by atoms with E-state index in [1.165, 1.54) is 0 Å². The van der Waals surface area contributed by atoms with Gasteiger partial charge in [0.2, 0.25) is 0 Å². The summed E-state index contributed by atoms with van der Waals surface area (Å²) < 4.78 is 0. The van der Waals surface area contributed by atoms with Crippen LogP contribution in [0.25, 0.3) is 0 Å². The van der Waals surface area contributed by atoms with Gasteiger partial charge in [0, 0.05) is 22.9 Å². The maximum atomic E-state index is 3.80. The van der Waals surface area contributed by atoms with Crippen LogP contribution in [0.4, 0.5) is 0 Å². The van der Waals surface area contributed by atoms with E-state index in [1.54, 1.807) is 11.8 Å². The molecule has 1 N–H and O–H groups in total. The van der Waals surface area contributed by atoms with Gasteiger partial charge >= 0.3 is 0 Å². The fourth-order valence-corrected chi connectivity index (χ4v) is 1.26. The number of nitrogens with one attached hydrogen (secondary N) is 1. The molecule has 0 aromatic carbocycles. The van der Waals surface area contributed by atoms with Crippen molar-refractivity contribution in [3.05, 3.63) is 23.8 Å². The third-order valence-electron chi connectivity index (χ3n) is 1.05. The van der Waals surface area contributed by atoms with E-state index in [2.05, 4.69) is 18.5 Å². The van der Waals surface area contributed by atoms with Gasteiger partial charge in [-0.1, -0.05) is 13.2 Å². The molecule has 0 aliphatic carbocycles. The van der Waals surface area contributed by atoms with Gasteiger partial charge < -0.3 is 5.32 Å². The number of hydrogen-bond donors (Lipinski definition) is 1. The van der Waals surface area contributed by atoms with Crippen LogP contribution in [-0.2, 0) is 0 Å². The Morgan fingerprint density at radius 2 is 2.25 bits per heavy atom. The molecule has 1 nitrogen and oxygen atoms in total. The predicted octanol–water partition coefficient (Wildman–Crippen LogP) is 1.35. The molecule has 0 atom stereocenters. The van der Waals surface area contributed by atoms with E-state index in [-0.39, 0.29) is 0 Å². The molecule has 0 radical (unpaired) electrons. The van der Waals surface area contributed by atoms with Crippen LogP contribution < -0.4 is 5.32 Å². The van der Waals surface area contributed by atoms with Crippen LogP contribution in [0.15, 0.2) is 23.8 Å². The Kier molecular flexibility index (Phi) is 1.63. The van der Waals surface area contributed by atoms with Crippen molar-refractivity contribution < 1.29 is 0 Å². The van der Waals surface area contributed by atoms with Crippen molar-refractivity contribution in [3.63, 3.8) is 0 Å². The second kappa shape index (κ2) is 2.27. The van der Waals surface area contributed by atoms with Crippen LogP contribution in [0.1, 0.15) is 0 Å². The first-order valence-electron chi connectivity index (χ1n) is 2.55. The Morgan fingerprint density at radius 1 is 1.50 bits per heavy atom. The summed E-state index contributed by atoms with van der Waals surface area (Å²) in [6.07, 6.45) is 0. The highest BCUT2D eigenvalue weighted by molar-refractivity contribution is 8.03. The highest BCUT2D eigenvalue weighted by Gasteiger charge is 2.04. The lowest BCUT2D eigenvalue weighted by Crippen LogP contribution is -2.20. The highest BCUT2D eigenvalue weighted by atomic mass is 32.2. The Labute approximate surface area is 53.9 Å². The normalized spacial score (nSPS) is 20.5. The lowest BCUT2D eigenvalue weighted by molar-refractivity contribution is 0.876. The average molecular weight is 127 g/mol. The van der Waals surface area contributed by atoms with E-state index in [0.29, 0.717) is 0 Å². The molecular formula is C6H9NS. The fourth-order valence-electron chi connectivity index (χ4n) is 0.562. The summed E-state index contributed by atoms with van der Waals surface area (Å²) in [4.78, 5) is 1.08. The quantitative estimate of drug-likeness (QED) is 0.527. The molecule has 0 unspecified atom stereocenters. The van der Waals surface area contributed by atoms with Gasteiger partial charge in [-0.05, 0) is 0 Å². The molecule has 1 fully saturated rings. The van der Waals surface area contributed by atoms with Crippen molar-refractivity contribution in [1.29, 1.82) is 0 Å². The van der Waals surface area contributed by atoms with Gasteiger partial charge in [-0.2, -0.15) is 0 Å². The molecule has 1 aliphatic rings. The summed E-state index contributed by atoms with van der Waals surface area (Å²) in [5, 5.41) is 3.12. The first kappa shape index (κ1) is 5.76. The minimum Gasteiger partial charge on any atom is -0.384 e. The van der Waals surface area contributed by atoms with E-state index in [1.807, 2.05) is 0 Å². The summed E-state index contributed by atoms with van der Waals surface area (Å²) in [7, 11) is 0. The summed E-state index contributed by atoms with van der Waals surface area (Å²) in [5.41, 5.74) is 0.987. The zero-order chi connectivity index (χ0) is 5.98. The molecule has 0 aromatic rings. The third kappa shape index (κ3) is 1.07. The molecule has 1 rings (SSSR count). The summed E-state index contributed by atoms with van der Waals surface area (Å²) in [5.74, 6) is 1.12. The van der Waals surface area contributed by atoms with Crippen molar-refractivity contribution in [3.8, 4) is 0 Å². The maximum absolute atomic E-state index is 3.80. The van der Waals surface area contributed by atoms with E-state index in [0.717, 1.165) is 22.9 Å². The zero-order valence-electron chi connectivity index (χ0n) is 4.74. The molecule has 8 heavy (non-hydrogen) atoms. The third-order valence-corrected chi connectivity index (χ3v) is 2.06. The fraction of sp³-hybridized carbons (Fsp3) is 0.333. The lowest BCUT2D eigenvalue weighted by atomic mass is 10.4. The summed E-state index contributed by atoms with van der Waals surface area (Å²) in [6.45, 7) is 8.59. The van der Waals surface area contributed by atoms with Crippen LogP contribution in [-0.4, -0.2) is 12.3 Å². The number of rotatable bonds is 0. The zero-order valence-corrected chi connectivity index (χ0v) is 5.55. The van der Waals surface area contributed by atoms with Crippen LogP contribution in [0, 0.1) is 0 Å². The Bertz CT molecular complexity index is 112. The van der Waals surface area contributed by atoms with Gasteiger partial charge in [0.05, 0.1) is 0 Å². The van der Waals surface area contributed by atoms with Crippen LogP contribution in [0.5, 0.6) is 0 Å². The van der Waals surface area contributed by atoms with Gasteiger partial charge in [0.1, 0.15) is 0 Å². The van der Waals surface area contributed by atoms with Gasteiger partial charge in [-0.15, -0.1) is 11.8 Å². The van der Waals surface area contributed by atoms with Crippen molar-refractivity contribution in [2.45, 2.75) is 0 Å². The monoisotopic (exact) mass is 127 g/mol. The molecule has 2 heteroatoms. The molecule has 44 valence electrons. The first-order chi connectivity index (χ1) is 3.80. The van der Waals surface area contributed by atoms with Crippen molar-refractivity contribution in [2.24, 2.45) is 0 Å². The minimum atomic E-state index is 0.987. The Hall–Kier alpha value is -0.370. The Balaban J connectivity index is 2.52. The SMILES string of the molecule is C=C1NCCSC1=C. The summed E-state index contributed by atoms with van der Waals surface area (Å²) in [6, 6.07) is 0. The van der Waals surface area contributed by atoms with Gasteiger partial charge in [0.15, 0.2) is 0 Å². The van der Waals surface area contributed by atoms with Crippen LogP contribution in [0.2, 0.25) is 0 Å². The predicted molar refractivity (Wildman–Crippen MR) is 38.7 cm³/mol. The largest absolute Gasteiger partial charge is 0.384 e. The topological polar surface area (TPSA) is 12.0 Å². The van der Waals surface area contributed by atoms with E-state index < -0.39 is 0 Å². The van der Waals surface area contributed by atoms with Gasteiger partial charge in [-0.25, -0.2) is 0 Å². The average Bonchev–Trinajstić information content (AvgIpc) is 1.77. The van der Waals surface area contributed by atoms with Gasteiger partial charge in [0.25, 0.3) is 0 Å². The molecule has 1 heterocycles. The standard InChI is InChI=1S/C6H9NS/c1-5-6(2)8-4-3-7-5/h7H,1-4H2. The van der Waals surface area contributed by atoms with Crippen LogP contribution in [0.3, 0.4) is 0 Å².